The lowest BCUT2D eigenvalue weighted by molar-refractivity contribution is -0.117. The summed E-state index contributed by atoms with van der Waals surface area (Å²) in [5.41, 5.74) is 8.35. The van der Waals surface area contributed by atoms with Gasteiger partial charge in [0, 0.05) is 4.47 Å². The van der Waals surface area contributed by atoms with Gasteiger partial charge in [0.05, 0.1) is 16.6 Å². The van der Waals surface area contributed by atoms with Gasteiger partial charge in [-0.1, -0.05) is 18.3 Å². The normalized spacial score (nSPS) is 12.0. The van der Waals surface area contributed by atoms with Gasteiger partial charge in [0.25, 0.3) is 0 Å². The molecule has 0 spiro atoms. The monoisotopic (exact) mass is 314 g/mol. The van der Waals surface area contributed by atoms with Crippen LogP contribution in [0.3, 0.4) is 0 Å². The number of halogens is 1. The molecular weight excluding hydrogens is 300 g/mol. The quantitative estimate of drug-likeness (QED) is 0.843. The molecule has 0 aliphatic carbocycles. The van der Waals surface area contributed by atoms with Crippen LogP contribution in [0.2, 0.25) is 0 Å². The highest BCUT2D eigenvalue weighted by Gasteiger charge is 2.17. The number of anilines is 1. The molecule has 92 valence electrons. The lowest BCUT2D eigenvalue weighted by Gasteiger charge is -2.14. The number of benzene rings is 1. The SMILES string of the molecule is Cc1cc(C)c(NC(=O)C(C)C(N)=S)c(Br)c1. The fourth-order valence-electron chi connectivity index (χ4n) is 1.43. The Morgan fingerprint density at radius 2 is 2.06 bits per heavy atom. The van der Waals surface area contributed by atoms with Crippen LogP contribution in [-0.4, -0.2) is 10.9 Å². The highest BCUT2D eigenvalue weighted by Crippen LogP contribution is 2.28. The summed E-state index contributed by atoms with van der Waals surface area (Å²) >= 11 is 8.24. The Kier molecular flexibility index (Phi) is 4.65. The van der Waals surface area contributed by atoms with Gasteiger partial charge in [-0.2, -0.15) is 0 Å². The summed E-state index contributed by atoms with van der Waals surface area (Å²) in [4.78, 5) is 12.0. The Hall–Kier alpha value is -0.940. The summed E-state index contributed by atoms with van der Waals surface area (Å²) in [6.45, 7) is 5.63. The van der Waals surface area contributed by atoms with Crippen LogP contribution in [0.4, 0.5) is 5.69 Å². The minimum absolute atomic E-state index is 0.190. The summed E-state index contributed by atoms with van der Waals surface area (Å²) < 4.78 is 0.860. The van der Waals surface area contributed by atoms with E-state index >= 15 is 0 Å². The predicted octanol–water partition coefficient (Wildman–Crippen LogP) is 2.93. The molecule has 0 saturated carbocycles. The number of hydrogen-bond donors (Lipinski definition) is 2. The first kappa shape index (κ1) is 14.1. The molecule has 1 rings (SSSR count). The van der Waals surface area contributed by atoms with E-state index in [0.717, 1.165) is 21.3 Å². The van der Waals surface area contributed by atoms with Crippen LogP contribution in [-0.2, 0) is 4.79 Å². The molecule has 1 unspecified atom stereocenters. The topological polar surface area (TPSA) is 55.1 Å². The van der Waals surface area contributed by atoms with Crippen LogP contribution in [0.5, 0.6) is 0 Å². The van der Waals surface area contributed by atoms with Crippen molar-refractivity contribution in [1.82, 2.24) is 0 Å². The third-order valence-electron chi connectivity index (χ3n) is 2.50. The molecule has 1 aromatic rings. The molecule has 0 aromatic heterocycles. The first-order valence-corrected chi connectivity index (χ1v) is 6.40. The molecule has 0 radical (unpaired) electrons. The molecule has 1 atom stereocenters. The van der Waals surface area contributed by atoms with Crippen molar-refractivity contribution >= 4 is 44.7 Å². The van der Waals surface area contributed by atoms with Crippen molar-refractivity contribution in [1.29, 1.82) is 0 Å². The lowest BCUT2D eigenvalue weighted by atomic mass is 10.1. The van der Waals surface area contributed by atoms with Gasteiger partial charge in [0.1, 0.15) is 0 Å². The van der Waals surface area contributed by atoms with Crippen molar-refractivity contribution in [3.05, 3.63) is 27.7 Å². The fourth-order valence-corrected chi connectivity index (χ4v) is 2.31. The second kappa shape index (κ2) is 5.60. The largest absolute Gasteiger partial charge is 0.393 e. The number of carbonyl (C=O) groups is 1. The van der Waals surface area contributed by atoms with Crippen molar-refractivity contribution < 1.29 is 4.79 Å². The molecule has 0 bridgehead atoms. The van der Waals surface area contributed by atoms with Gasteiger partial charge in [-0.15, -0.1) is 0 Å². The highest BCUT2D eigenvalue weighted by atomic mass is 79.9. The zero-order valence-electron chi connectivity index (χ0n) is 10.0. The van der Waals surface area contributed by atoms with Gasteiger partial charge in [0.15, 0.2) is 0 Å². The second-order valence-electron chi connectivity index (χ2n) is 4.05. The van der Waals surface area contributed by atoms with Gasteiger partial charge < -0.3 is 11.1 Å². The summed E-state index contributed by atoms with van der Waals surface area (Å²) in [5, 5.41) is 2.83. The fraction of sp³-hybridized carbons (Fsp3) is 0.333. The second-order valence-corrected chi connectivity index (χ2v) is 5.38. The third-order valence-corrected chi connectivity index (χ3v) is 3.48. The Balaban J connectivity index is 2.96. The Bertz CT molecular complexity index is 451. The molecule has 0 heterocycles. The first-order chi connectivity index (χ1) is 7.82. The summed E-state index contributed by atoms with van der Waals surface area (Å²) in [6.07, 6.45) is 0. The molecule has 1 amide bonds. The molecule has 0 saturated heterocycles. The van der Waals surface area contributed by atoms with E-state index in [-0.39, 0.29) is 10.9 Å². The van der Waals surface area contributed by atoms with E-state index in [1.54, 1.807) is 6.92 Å². The number of hydrogen-bond acceptors (Lipinski definition) is 2. The van der Waals surface area contributed by atoms with Crippen LogP contribution in [0.25, 0.3) is 0 Å². The number of carbonyl (C=O) groups excluding carboxylic acids is 1. The zero-order chi connectivity index (χ0) is 13.2. The minimum Gasteiger partial charge on any atom is -0.393 e. The van der Waals surface area contributed by atoms with E-state index in [1.807, 2.05) is 26.0 Å². The van der Waals surface area contributed by atoms with Crippen molar-refractivity contribution in [2.24, 2.45) is 11.7 Å². The Morgan fingerprint density at radius 3 is 2.53 bits per heavy atom. The Morgan fingerprint density at radius 1 is 1.47 bits per heavy atom. The van der Waals surface area contributed by atoms with Crippen LogP contribution in [0.1, 0.15) is 18.1 Å². The number of rotatable bonds is 3. The lowest BCUT2D eigenvalue weighted by Crippen LogP contribution is -2.31. The van der Waals surface area contributed by atoms with Gasteiger partial charge in [-0.05, 0) is 53.9 Å². The maximum Gasteiger partial charge on any atom is 0.234 e. The van der Waals surface area contributed by atoms with Crippen LogP contribution in [0.15, 0.2) is 16.6 Å². The van der Waals surface area contributed by atoms with E-state index < -0.39 is 5.92 Å². The molecule has 0 aliphatic heterocycles. The van der Waals surface area contributed by atoms with Crippen LogP contribution in [0, 0.1) is 19.8 Å². The maximum absolute atomic E-state index is 11.8. The van der Waals surface area contributed by atoms with E-state index in [2.05, 4.69) is 21.2 Å². The molecular formula is C12H15BrN2OS. The minimum atomic E-state index is -0.474. The van der Waals surface area contributed by atoms with Gasteiger partial charge in [-0.25, -0.2) is 0 Å². The van der Waals surface area contributed by atoms with E-state index in [1.165, 1.54) is 0 Å². The number of nitrogens with one attached hydrogen (secondary N) is 1. The van der Waals surface area contributed by atoms with Gasteiger partial charge in [0.2, 0.25) is 5.91 Å². The van der Waals surface area contributed by atoms with E-state index in [4.69, 9.17) is 18.0 Å². The number of amides is 1. The van der Waals surface area contributed by atoms with E-state index in [9.17, 15) is 4.79 Å². The zero-order valence-corrected chi connectivity index (χ0v) is 12.4. The summed E-state index contributed by atoms with van der Waals surface area (Å²) in [6, 6.07) is 3.96. The molecule has 0 fully saturated rings. The molecule has 1 aromatic carbocycles. The average Bonchev–Trinajstić information content (AvgIpc) is 2.21. The van der Waals surface area contributed by atoms with Gasteiger partial charge in [-0.3, -0.25) is 4.79 Å². The standard InChI is InChI=1S/C12H15BrN2OS/c1-6-4-7(2)10(9(13)5-6)15-12(16)8(3)11(14)17/h4-5,8H,1-3H3,(H2,14,17)(H,15,16). The predicted molar refractivity (Wildman–Crippen MR) is 78.2 cm³/mol. The average molecular weight is 315 g/mol. The third kappa shape index (κ3) is 3.51. The molecule has 0 aliphatic rings. The molecule has 3 N–H and O–H groups in total. The van der Waals surface area contributed by atoms with Crippen molar-refractivity contribution in [3.8, 4) is 0 Å². The number of nitrogens with two attached hydrogens (primary N) is 1. The summed E-state index contributed by atoms with van der Waals surface area (Å²) in [5.74, 6) is -0.664. The van der Waals surface area contributed by atoms with Crippen molar-refractivity contribution in [3.63, 3.8) is 0 Å². The summed E-state index contributed by atoms with van der Waals surface area (Å²) in [7, 11) is 0. The highest BCUT2D eigenvalue weighted by molar-refractivity contribution is 9.10. The van der Waals surface area contributed by atoms with E-state index in [0.29, 0.717) is 0 Å². The van der Waals surface area contributed by atoms with Crippen LogP contribution < -0.4 is 11.1 Å². The molecule has 5 heteroatoms. The maximum atomic E-state index is 11.8. The number of aryl methyl sites for hydroxylation is 2. The molecule has 17 heavy (non-hydrogen) atoms. The Labute approximate surface area is 115 Å². The number of thiocarbonyl (C=S) groups is 1. The van der Waals surface area contributed by atoms with Crippen molar-refractivity contribution in [2.75, 3.05) is 5.32 Å². The smallest absolute Gasteiger partial charge is 0.234 e. The molecule has 3 nitrogen and oxygen atoms in total. The first-order valence-electron chi connectivity index (χ1n) is 5.20. The van der Waals surface area contributed by atoms with Crippen molar-refractivity contribution in [2.45, 2.75) is 20.8 Å². The van der Waals surface area contributed by atoms with Gasteiger partial charge >= 0.3 is 0 Å². The van der Waals surface area contributed by atoms with Crippen LogP contribution >= 0.6 is 28.1 Å².